The monoisotopic (exact) mass is 283 g/mol. The lowest BCUT2D eigenvalue weighted by Gasteiger charge is -2.41. The quantitative estimate of drug-likeness (QED) is 0.810. The number of carbonyl (C=O) groups excluding carboxylic acids is 1. The molecular weight excluding hydrogens is 254 g/mol. The Bertz CT molecular complexity index is 306. The van der Waals surface area contributed by atoms with Crippen LogP contribution >= 0.6 is 0 Å². The van der Waals surface area contributed by atoms with Gasteiger partial charge in [-0.15, -0.1) is 0 Å². The third kappa shape index (κ3) is 3.93. The molecule has 0 aromatic heterocycles. The van der Waals surface area contributed by atoms with Crippen molar-refractivity contribution in [3.8, 4) is 0 Å². The molecule has 2 saturated heterocycles. The third-order valence-electron chi connectivity index (χ3n) is 4.72. The first-order valence-electron chi connectivity index (χ1n) is 7.98. The largest absolute Gasteiger partial charge is 0.395 e. The number of nitrogens with zero attached hydrogens (tertiary/aromatic N) is 3. The molecule has 0 aromatic rings. The molecule has 2 aliphatic rings. The molecule has 2 unspecified atom stereocenters. The maximum atomic E-state index is 12.5. The number of aliphatic hydroxyl groups is 1. The SMILES string of the molecule is CC1CCCC(C)N1C(=O)CN1CCN(CCO)CC1. The number of amides is 1. The number of hydrogen-bond acceptors (Lipinski definition) is 4. The average Bonchev–Trinajstić information content (AvgIpc) is 2.41. The molecule has 20 heavy (non-hydrogen) atoms. The number of β-amino-alcohol motifs (C(OH)–C–C–N with tert-alkyl or cyclic N) is 1. The summed E-state index contributed by atoms with van der Waals surface area (Å²) in [5.41, 5.74) is 0. The van der Waals surface area contributed by atoms with E-state index in [2.05, 4.69) is 28.5 Å². The first-order chi connectivity index (χ1) is 9.61. The highest BCUT2D eigenvalue weighted by atomic mass is 16.3. The van der Waals surface area contributed by atoms with Crippen LogP contribution in [0.25, 0.3) is 0 Å². The molecule has 2 rings (SSSR count). The lowest BCUT2D eigenvalue weighted by molar-refractivity contribution is -0.139. The topological polar surface area (TPSA) is 47.0 Å². The highest BCUT2D eigenvalue weighted by Crippen LogP contribution is 2.22. The summed E-state index contributed by atoms with van der Waals surface area (Å²) < 4.78 is 0. The summed E-state index contributed by atoms with van der Waals surface area (Å²) in [7, 11) is 0. The van der Waals surface area contributed by atoms with Crippen LogP contribution in [0.4, 0.5) is 0 Å². The summed E-state index contributed by atoms with van der Waals surface area (Å²) in [6.45, 7) is 9.66. The van der Waals surface area contributed by atoms with Gasteiger partial charge in [0, 0.05) is 44.8 Å². The van der Waals surface area contributed by atoms with Gasteiger partial charge in [0.2, 0.25) is 5.91 Å². The highest BCUT2D eigenvalue weighted by Gasteiger charge is 2.30. The summed E-state index contributed by atoms with van der Waals surface area (Å²) in [5.74, 6) is 0.292. The van der Waals surface area contributed by atoms with Crippen LogP contribution in [0, 0.1) is 0 Å². The molecule has 2 fully saturated rings. The Balaban J connectivity index is 1.80. The predicted octanol–water partition coefficient (Wildman–Crippen LogP) is 0.386. The fraction of sp³-hybridized carbons (Fsp3) is 0.933. The lowest BCUT2D eigenvalue weighted by atomic mass is 9.97. The molecule has 2 heterocycles. The Morgan fingerprint density at radius 1 is 1.05 bits per heavy atom. The second-order valence-electron chi connectivity index (χ2n) is 6.27. The van der Waals surface area contributed by atoms with Gasteiger partial charge in [-0.2, -0.15) is 0 Å². The van der Waals surface area contributed by atoms with Crippen molar-refractivity contribution in [2.75, 3.05) is 45.9 Å². The van der Waals surface area contributed by atoms with Crippen LogP contribution in [0.5, 0.6) is 0 Å². The molecule has 0 aliphatic carbocycles. The molecule has 1 N–H and O–H groups in total. The van der Waals surface area contributed by atoms with Crippen LogP contribution in [-0.4, -0.2) is 83.7 Å². The number of hydrogen-bond donors (Lipinski definition) is 1. The molecule has 2 atom stereocenters. The number of piperidine rings is 1. The van der Waals surface area contributed by atoms with Gasteiger partial charge >= 0.3 is 0 Å². The van der Waals surface area contributed by atoms with Crippen LogP contribution in [-0.2, 0) is 4.79 Å². The minimum atomic E-state index is 0.224. The van der Waals surface area contributed by atoms with Gasteiger partial charge in [-0.25, -0.2) is 0 Å². The first-order valence-corrected chi connectivity index (χ1v) is 7.98. The van der Waals surface area contributed by atoms with E-state index < -0.39 is 0 Å². The number of rotatable bonds is 4. The standard InChI is InChI=1S/C15H29N3O2/c1-13-4-3-5-14(2)18(13)15(20)12-17-8-6-16(7-9-17)10-11-19/h13-14,19H,3-12H2,1-2H3. The van der Waals surface area contributed by atoms with E-state index in [-0.39, 0.29) is 6.61 Å². The summed E-state index contributed by atoms with van der Waals surface area (Å²) in [6.07, 6.45) is 3.52. The van der Waals surface area contributed by atoms with E-state index in [4.69, 9.17) is 5.11 Å². The van der Waals surface area contributed by atoms with Crippen molar-refractivity contribution in [1.82, 2.24) is 14.7 Å². The first kappa shape index (κ1) is 15.7. The van der Waals surface area contributed by atoms with Crippen molar-refractivity contribution >= 4 is 5.91 Å². The van der Waals surface area contributed by atoms with Crippen LogP contribution in [0.1, 0.15) is 33.1 Å². The van der Waals surface area contributed by atoms with Crippen LogP contribution < -0.4 is 0 Å². The fourth-order valence-corrected chi connectivity index (χ4v) is 3.50. The van der Waals surface area contributed by atoms with Crippen LogP contribution in [0.2, 0.25) is 0 Å². The molecule has 1 amide bonds. The van der Waals surface area contributed by atoms with Crippen molar-refractivity contribution in [2.24, 2.45) is 0 Å². The van der Waals surface area contributed by atoms with Gasteiger partial charge in [-0.1, -0.05) is 0 Å². The highest BCUT2D eigenvalue weighted by molar-refractivity contribution is 5.79. The molecule has 5 heteroatoms. The molecule has 0 aromatic carbocycles. The molecule has 0 radical (unpaired) electrons. The van der Waals surface area contributed by atoms with E-state index in [0.717, 1.165) is 45.6 Å². The van der Waals surface area contributed by atoms with E-state index in [1.165, 1.54) is 6.42 Å². The fourth-order valence-electron chi connectivity index (χ4n) is 3.50. The molecular formula is C15H29N3O2. The predicted molar refractivity (Wildman–Crippen MR) is 79.6 cm³/mol. The van der Waals surface area contributed by atoms with E-state index in [1.807, 2.05) is 0 Å². The van der Waals surface area contributed by atoms with Gasteiger partial charge in [0.05, 0.1) is 13.2 Å². The maximum Gasteiger partial charge on any atom is 0.237 e. The minimum Gasteiger partial charge on any atom is -0.395 e. The van der Waals surface area contributed by atoms with Gasteiger partial charge in [0.15, 0.2) is 0 Å². The summed E-state index contributed by atoms with van der Waals surface area (Å²) >= 11 is 0. The third-order valence-corrected chi connectivity index (χ3v) is 4.72. The Morgan fingerprint density at radius 3 is 2.15 bits per heavy atom. The summed E-state index contributed by atoms with van der Waals surface area (Å²) in [6, 6.07) is 0.781. The van der Waals surface area contributed by atoms with Gasteiger partial charge < -0.3 is 10.0 Å². The smallest absolute Gasteiger partial charge is 0.237 e. The number of aliphatic hydroxyl groups excluding tert-OH is 1. The van der Waals surface area contributed by atoms with Gasteiger partial charge in [-0.3, -0.25) is 14.6 Å². The van der Waals surface area contributed by atoms with Crippen molar-refractivity contribution < 1.29 is 9.90 Å². The Kier molecular flexibility index (Phi) is 5.81. The van der Waals surface area contributed by atoms with Crippen molar-refractivity contribution in [1.29, 1.82) is 0 Å². The minimum absolute atomic E-state index is 0.224. The summed E-state index contributed by atoms with van der Waals surface area (Å²) in [5, 5.41) is 8.94. The Labute approximate surface area is 122 Å². The normalized spacial score (nSPS) is 29.6. The molecule has 2 aliphatic heterocycles. The number of likely N-dealkylation sites (tertiary alicyclic amines) is 1. The van der Waals surface area contributed by atoms with E-state index in [0.29, 0.717) is 24.5 Å². The van der Waals surface area contributed by atoms with Gasteiger partial charge in [0.25, 0.3) is 0 Å². The van der Waals surface area contributed by atoms with Crippen molar-refractivity contribution in [2.45, 2.75) is 45.2 Å². The number of carbonyl (C=O) groups is 1. The van der Waals surface area contributed by atoms with Gasteiger partial charge in [-0.05, 0) is 33.1 Å². The number of piperazine rings is 1. The van der Waals surface area contributed by atoms with Crippen LogP contribution in [0.15, 0.2) is 0 Å². The van der Waals surface area contributed by atoms with Crippen molar-refractivity contribution in [3.63, 3.8) is 0 Å². The Morgan fingerprint density at radius 2 is 1.60 bits per heavy atom. The molecule has 0 saturated carbocycles. The Hall–Kier alpha value is -0.650. The zero-order valence-electron chi connectivity index (χ0n) is 12.9. The van der Waals surface area contributed by atoms with Crippen molar-refractivity contribution in [3.05, 3.63) is 0 Å². The van der Waals surface area contributed by atoms with E-state index >= 15 is 0 Å². The molecule has 0 bridgehead atoms. The molecule has 0 spiro atoms. The van der Waals surface area contributed by atoms with E-state index in [1.54, 1.807) is 0 Å². The molecule has 116 valence electrons. The van der Waals surface area contributed by atoms with Gasteiger partial charge in [0.1, 0.15) is 0 Å². The lowest BCUT2D eigenvalue weighted by Crippen LogP contribution is -2.54. The average molecular weight is 283 g/mol. The second-order valence-corrected chi connectivity index (χ2v) is 6.27. The van der Waals surface area contributed by atoms with Crippen LogP contribution in [0.3, 0.4) is 0 Å². The molecule has 5 nitrogen and oxygen atoms in total. The van der Waals surface area contributed by atoms with E-state index in [9.17, 15) is 4.79 Å². The second kappa shape index (κ2) is 7.38. The zero-order chi connectivity index (χ0) is 14.5. The zero-order valence-corrected chi connectivity index (χ0v) is 12.9. The summed E-state index contributed by atoms with van der Waals surface area (Å²) in [4.78, 5) is 19.1. The maximum absolute atomic E-state index is 12.5.